The molecular weight excluding hydrogens is 250 g/mol. The van der Waals surface area contributed by atoms with Crippen molar-refractivity contribution in [3.05, 3.63) is 34.3 Å². The van der Waals surface area contributed by atoms with Crippen molar-refractivity contribution in [1.29, 1.82) is 5.26 Å². The zero-order valence-electron chi connectivity index (χ0n) is 8.75. The molecule has 0 bridgehead atoms. The molecule has 0 radical (unpaired) electrons. The first kappa shape index (κ1) is 12.7. The van der Waals surface area contributed by atoms with Crippen molar-refractivity contribution in [3.8, 4) is 6.19 Å². The van der Waals surface area contributed by atoms with Crippen LogP contribution in [0.2, 0.25) is 5.15 Å². The average molecular weight is 260 g/mol. The lowest BCUT2D eigenvalue weighted by atomic mass is 10.2. The Kier molecular flexibility index (Phi) is 3.73. The van der Waals surface area contributed by atoms with E-state index in [1.807, 2.05) is 0 Å². The Labute approximate surface area is 99.0 Å². The molecule has 0 spiro atoms. The molecule has 5 nitrogen and oxygen atoms in total. The van der Waals surface area contributed by atoms with Crippen LogP contribution in [0.25, 0.3) is 0 Å². The van der Waals surface area contributed by atoms with E-state index in [2.05, 4.69) is 4.36 Å². The van der Waals surface area contributed by atoms with Crippen molar-refractivity contribution < 1.29 is 8.94 Å². The quantitative estimate of drug-likeness (QED) is 0.350. The minimum Gasteiger partial charge on any atom is -0.618 e. The molecule has 0 amide bonds. The van der Waals surface area contributed by atoms with Gasteiger partial charge in [-0.2, -0.15) is 9.99 Å². The normalized spacial score (nSPS) is 15.9. The van der Waals surface area contributed by atoms with Crippen LogP contribution in [0.15, 0.2) is 22.7 Å². The van der Waals surface area contributed by atoms with Crippen molar-refractivity contribution in [1.82, 2.24) is 0 Å². The van der Waals surface area contributed by atoms with Gasteiger partial charge in [0.2, 0.25) is 6.19 Å². The molecule has 2 atom stereocenters. The van der Waals surface area contributed by atoms with E-state index in [9.17, 15) is 9.42 Å². The summed E-state index contributed by atoms with van der Waals surface area (Å²) < 4.78 is 15.8. The molecule has 1 heterocycles. The fourth-order valence-electron chi connectivity index (χ4n) is 1.13. The molecule has 7 heteroatoms. The highest BCUT2D eigenvalue weighted by Crippen LogP contribution is 2.22. The van der Waals surface area contributed by atoms with Crippen LogP contribution in [0.3, 0.4) is 0 Å². The predicted molar refractivity (Wildman–Crippen MR) is 60.9 cm³/mol. The summed E-state index contributed by atoms with van der Waals surface area (Å²) in [6.07, 6.45) is 4.14. The molecule has 0 aliphatic heterocycles. The topological polar surface area (TPSA) is 80.2 Å². The second-order valence-corrected chi connectivity index (χ2v) is 6.30. The SMILES string of the molecule is CC(c1ccc(Cl)[n+]([O-])c1)S(C)(=O)=NC#N. The van der Waals surface area contributed by atoms with E-state index in [0.29, 0.717) is 10.3 Å². The van der Waals surface area contributed by atoms with Crippen molar-refractivity contribution in [2.75, 3.05) is 6.26 Å². The molecule has 0 saturated heterocycles. The molecule has 2 unspecified atom stereocenters. The maximum atomic E-state index is 11.9. The van der Waals surface area contributed by atoms with Gasteiger partial charge in [0.25, 0.3) is 5.15 Å². The molecule has 1 aromatic heterocycles. The van der Waals surface area contributed by atoms with Gasteiger partial charge < -0.3 is 5.21 Å². The monoisotopic (exact) mass is 259 g/mol. The van der Waals surface area contributed by atoms with Crippen LogP contribution in [0.1, 0.15) is 17.7 Å². The van der Waals surface area contributed by atoms with Crippen LogP contribution in [0, 0.1) is 16.7 Å². The van der Waals surface area contributed by atoms with E-state index >= 15 is 0 Å². The lowest BCUT2D eigenvalue weighted by Gasteiger charge is -2.11. The number of halogens is 1. The number of hydrogen-bond donors (Lipinski definition) is 0. The van der Waals surface area contributed by atoms with E-state index in [0.717, 1.165) is 0 Å². The van der Waals surface area contributed by atoms with Crippen LogP contribution in [-0.4, -0.2) is 10.5 Å². The van der Waals surface area contributed by atoms with Gasteiger partial charge in [0.1, 0.15) is 0 Å². The fraction of sp³-hybridized carbons (Fsp3) is 0.333. The average Bonchev–Trinajstić information content (AvgIpc) is 2.21. The summed E-state index contributed by atoms with van der Waals surface area (Å²) >= 11 is 5.56. The van der Waals surface area contributed by atoms with Gasteiger partial charge in [0.15, 0.2) is 6.20 Å². The predicted octanol–water partition coefficient (Wildman–Crippen LogP) is 1.61. The second-order valence-electron chi connectivity index (χ2n) is 3.31. The summed E-state index contributed by atoms with van der Waals surface area (Å²) in [7, 11) is -2.67. The van der Waals surface area contributed by atoms with E-state index in [-0.39, 0.29) is 5.15 Å². The highest BCUT2D eigenvalue weighted by Gasteiger charge is 2.19. The summed E-state index contributed by atoms with van der Waals surface area (Å²) in [4.78, 5) is 0. The maximum Gasteiger partial charge on any atom is 0.286 e. The number of rotatable bonds is 2. The largest absolute Gasteiger partial charge is 0.618 e. The number of aromatic nitrogens is 1. The third-order valence-electron chi connectivity index (χ3n) is 2.24. The summed E-state index contributed by atoms with van der Waals surface area (Å²) in [6, 6.07) is 3.01. The third-order valence-corrected chi connectivity index (χ3v) is 4.56. The van der Waals surface area contributed by atoms with Gasteiger partial charge in [-0.25, -0.2) is 4.21 Å². The first-order chi connectivity index (χ1) is 7.38. The standard InChI is InChI=1S/C9H10ClN3O2S/c1-7(16(2,15)12-6-11)8-3-4-9(10)13(14)5-8/h3-5,7H,1-2H3. The molecule has 1 rings (SSSR count). The van der Waals surface area contributed by atoms with Crippen molar-refractivity contribution in [3.63, 3.8) is 0 Å². The van der Waals surface area contributed by atoms with E-state index in [1.54, 1.807) is 13.0 Å². The third kappa shape index (κ3) is 2.62. The molecular formula is C9H10ClN3O2S. The second kappa shape index (κ2) is 4.68. The lowest BCUT2D eigenvalue weighted by molar-refractivity contribution is -0.603. The van der Waals surface area contributed by atoms with Crippen LogP contribution in [-0.2, 0) is 9.73 Å². The van der Waals surface area contributed by atoms with Gasteiger partial charge in [0, 0.05) is 17.9 Å². The van der Waals surface area contributed by atoms with Crippen molar-refractivity contribution >= 4 is 21.3 Å². The molecule has 0 aromatic carbocycles. The molecule has 16 heavy (non-hydrogen) atoms. The molecule has 0 saturated carbocycles. The van der Waals surface area contributed by atoms with Crippen LogP contribution >= 0.6 is 11.6 Å². The Morgan fingerprint density at radius 2 is 2.31 bits per heavy atom. The molecule has 1 aromatic rings. The van der Waals surface area contributed by atoms with Crippen LogP contribution < -0.4 is 4.73 Å². The van der Waals surface area contributed by atoms with Crippen LogP contribution in [0.4, 0.5) is 0 Å². The van der Waals surface area contributed by atoms with E-state index < -0.39 is 15.0 Å². The van der Waals surface area contributed by atoms with Gasteiger partial charge >= 0.3 is 0 Å². The van der Waals surface area contributed by atoms with Gasteiger partial charge in [-0.05, 0) is 24.6 Å². The van der Waals surface area contributed by atoms with Gasteiger partial charge in [-0.3, -0.25) is 0 Å². The maximum absolute atomic E-state index is 11.9. The zero-order valence-corrected chi connectivity index (χ0v) is 10.3. The molecule has 0 aliphatic rings. The number of pyridine rings is 1. The smallest absolute Gasteiger partial charge is 0.286 e. The number of hydrogen-bond acceptors (Lipinski definition) is 4. The summed E-state index contributed by atoms with van der Waals surface area (Å²) in [5, 5.41) is 19.2. The fourth-order valence-corrected chi connectivity index (χ4v) is 2.21. The zero-order chi connectivity index (χ0) is 12.3. The molecule has 0 fully saturated rings. The van der Waals surface area contributed by atoms with Gasteiger partial charge in [-0.15, -0.1) is 4.36 Å². The first-order valence-corrected chi connectivity index (χ1v) is 6.72. The Bertz CT molecular complexity index is 558. The molecule has 86 valence electrons. The Balaban J connectivity index is 3.22. The van der Waals surface area contributed by atoms with Gasteiger partial charge in [-0.1, -0.05) is 0 Å². The summed E-state index contributed by atoms with van der Waals surface area (Å²) in [5.74, 6) is 0. The summed E-state index contributed by atoms with van der Waals surface area (Å²) in [6.45, 7) is 1.65. The Hall–Kier alpha value is -1.32. The van der Waals surface area contributed by atoms with Crippen LogP contribution in [0.5, 0.6) is 0 Å². The Morgan fingerprint density at radius 1 is 1.69 bits per heavy atom. The van der Waals surface area contributed by atoms with Crippen molar-refractivity contribution in [2.24, 2.45) is 4.36 Å². The molecule has 0 N–H and O–H groups in total. The highest BCUT2D eigenvalue weighted by molar-refractivity contribution is 7.93. The molecule has 0 aliphatic carbocycles. The Morgan fingerprint density at radius 3 is 2.81 bits per heavy atom. The van der Waals surface area contributed by atoms with Gasteiger partial charge in [0.05, 0.1) is 15.0 Å². The summed E-state index contributed by atoms with van der Waals surface area (Å²) in [5.41, 5.74) is 0.533. The highest BCUT2D eigenvalue weighted by atomic mass is 35.5. The van der Waals surface area contributed by atoms with E-state index in [4.69, 9.17) is 16.9 Å². The van der Waals surface area contributed by atoms with Crippen molar-refractivity contribution in [2.45, 2.75) is 12.2 Å². The minimum absolute atomic E-state index is 0.0378. The van der Waals surface area contributed by atoms with E-state index in [1.165, 1.54) is 24.7 Å². The number of nitrogens with zero attached hydrogens (tertiary/aromatic N) is 3. The lowest BCUT2D eigenvalue weighted by Crippen LogP contribution is -2.28. The minimum atomic E-state index is -2.67. The first-order valence-electron chi connectivity index (χ1n) is 4.36. The number of nitriles is 1.